The molecule has 0 bridgehead atoms. The number of carbonyl (C=O) groups is 1. The summed E-state index contributed by atoms with van der Waals surface area (Å²) in [5.41, 5.74) is 3.72. The Morgan fingerprint density at radius 1 is 0.897 bits per heavy atom. The second kappa shape index (κ2) is 7.14. The highest BCUT2D eigenvalue weighted by molar-refractivity contribution is 5.81. The maximum absolute atomic E-state index is 12.7. The molecule has 2 aliphatic carbocycles. The van der Waals surface area contributed by atoms with Gasteiger partial charge in [-0.1, -0.05) is 48.6 Å². The van der Waals surface area contributed by atoms with E-state index in [0.29, 0.717) is 31.8 Å². The molecule has 2 heterocycles. The molecule has 1 fully saturated rings. The van der Waals surface area contributed by atoms with E-state index in [-0.39, 0.29) is 23.6 Å². The molecule has 1 aromatic carbocycles. The van der Waals surface area contributed by atoms with Crippen molar-refractivity contribution in [2.75, 3.05) is 6.54 Å². The van der Waals surface area contributed by atoms with E-state index >= 15 is 0 Å². The minimum absolute atomic E-state index is 0.150. The van der Waals surface area contributed by atoms with E-state index in [4.69, 9.17) is 0 Å². The van der Waals surface area contributed by atoms with Gasteiger partial charge in [-0.3, -0.25) is 9.36 Å². The summed E-state index contributed by atoms with van der Waals surface area (Å²) in [6.45, 7) is 1.85. The Kier molecular flexibility index (Phi) is 4.46. The summed E-state index contributed by atoms with van der Waals surface area (Å²) in [6.07, 6.45) is 11.5. The van der Waals surface area contributed by atoms with E-state index in [1.807, 2.05) is 35.3 Å². The highest BCUT2D eigenvalue weighted by Gasteiger charge is 2.39. The molecule has 1 saturated heterocycles. The lowest BCUT2D eigenvalue weighted by Gasteiger charge is -2.17. The first kappa shape index (κ1) is 18.1. The van der Waals surface area contributed by atoms with Crippen LogP contribution in [0.4, 0.5) is 0 Å². The van der Waals surface area contributed by atoms with Crippen molar-refractivity contribution >= 4 is 5.91 Å². The smallest absolute Gasteiger partial charge is 0.226 e. The predicted octanol–water partition coefficient (Wildman–Crippen LogP) is 3.53. The van der Waals surface area contributed by atoms with Gasteiger partial charge in [-0.25, -0.2) is 0 Å². The van der Waals surface area contributed by atoms with Crippen LogP contribution in [0.5, 0.6) is 11.8 Å². The van der Waals surface area contributed by atoms with Gasteiger partial charge in [-0.15, -0.1) is 0 Å². The molecule has 2 N–H and O–H groups in total. The Bertz CT molecular complexity index is 986. The standard InChI is InChI=1S/C24H26N2O3/c27-22-19-9-2-1-8-18(19)15-25(22)13-16-6-5-7-17(12-16)14-26-23(28)20-10-3-4-11-21(20)24(26)29/h1-7,12,18-19,28-29H,8-11,13-15H2. The number of aromatic hydroxyl groups is 2. The number of fused-ring (bicyclic) bond motifs is 2. The Balaban J connectivity index is 1.34. The molecule has 29 heavy (non-hydrogen) atoms. The summed E-state index contributed by atoms with van der Waals surface area (Å²) in [7, 11) is 0. The van der Waals surface area contributed by atoms with E-state index in [9.17, 15) is 15.0 Å². The van der Waals surface area contributed by atoms with E-state index < -0.39 is 0 Å². The highest BCUT2D eigenvalue weighted by Crippen LogP contribution is 2.38. The van der Waals surface area contributed by atoms with Crippen LogP contribution in [0.2, 0.25) is 0 Å². The Morgan fingerprint density at radius 2 is 1.55 bits per heavy atom. The molecule has 0 spiro atoms. The first-order valence-corrected chi connectivity index (χ1v) is 10.4. The van der Waals surface area contributed by atoms with Crippen LogP contribution >= 0.6 is 0 Å². The van der Waals surface area contributed by atoms with Crippen LogP contribution in [0.25, 0.3) is 0 Å². The molecule has 5 rings (SSSR count). The zero-order chi connectivity index (χ0) is 20.0. The summed E-state index contributed by atoms with van der Waals surface area (Å²) in [4.78, 5) is 14.7. The average molecular weight is 390 g/mol. The lowest BCUT2D eigenvalue weighted by Crippen LogP contribution is -2.26. The molecular weight excluding hydrogens is 364 g/mol. The van der Waals surface area contributed by atoms with Gasteiger partial charge in [0, 0.05) is 30.1 Å². The fraction of sp³-hybridized carbons (Fsp3) is 0.375. The van der Waals surface area contributed by atoms with Crippen LogP contribution in [0.3, 0.4) is 0 Å². The number of hydrogen-bond donors (Lipinski definition) is 2. The summed E-state index contributed by atoms with van der Waals surface area (Å²) in [5.74, 6) is 1.17. The van der Waals surface area contributed by atoms with Gasteiger partial charge < -0.3 is 15.1 Å². The molecule has 1 amide bonds. The molecule has 3 aliphatic rings. The largest absolute Gasteiger partial charge is 0.494 e. The zero-order valence-corrected chi connectivity index (χ0v) is 16.4. The van der Waals surface area contributed by atoms with E-state index in [2.05, 4.69) is 18.2 Å². The monoisotopic (exact) mass is 390 g/mol. The van der Waals surface area contributed by atoms with Gasteiger partial charge >= 0.3 is 0 Å². The molecular formula is C24H26N2O3. The van der Waals surface area contributed by atoms with Gasteiger partial charge in [0.25, 0.3) is 0 Å². The van der Waals surface area contributed by atoms with Crippen molar-refractivity contribution in [3.05, 3.63) is 70.8 Å². The van der Waals surface area contributed by atoms with Gasteiger partial charge in [0.15, 0.2) is 11.8 Å². The lowest BCUT2D eigenvalue weighted by atomic mass is 9.86. The lowest BCUT2D eigenvalue weighted by molar-refractivity contribution is -0.131. The normalized spacial score (nSPS) is 22.8. The van der Waals surface area contributed by atoms with Gasteiger partial charge in [0.05, 0.1) is 6.54 Å². The molecule has 1 aromatic heterocycles. The third-order valence-electron chi connectivity index (χ3n) is 6.58. The van der Waals surface area contributed by atoms with Crippen molar-refractivity contribution in [2.45, 2.75) is 38.8 Å². The maximum Gasteiger partial charge on any atom is 0.226 e. The SMILES string of the molecule is O=C1C2CC=CCC2CN1Cc1cccc(Cn2c(O)c3c(c2O)CC=CC3)c1. The van der Waals surface area contributed by atoms with Crippen LogP contribution in [-0.2, 0) is 30.7 Å². The Hall–Kier alpha value is -2.95. The van der Waals surface area contributed by atoms with E-state index in [0.717, 1.165) is 41.6 Å². The first-order valence-electron chi connectivity index (χ1n) is 10.4. The Morgan fingerprint density at radius 3 is 2.24 bits per heavy atom. The van der Waals surface area contributed by atoms with Crippen molar-refractivity contribution in [3.63, 3.8) is 0 Å². The Labute approximate surface area is 170 Å². The van der Waals surface area contributed by atoms with Gasteiger partial charge in [-0.2, -0.15) is 0 Å². The second-order valence-corrected chi connectivity index (χ2v) is 8.42. The van der Waals surface area contributed by atoms with E-state index in [1.165, 1.54) is 0 Å². The van der Waals surface area contributed by atoms with Crippen LogP contribution in [0.15, 0.2) is 48.6 Å². The third kappa shape index (κ3) is 3.15. The van der Waals surface area contributed by atoms with Crippen molar-refractivity contribution in [2.24, 2.45) is 11.8 Å². The average Bonchev–Trinajstić information content (AvgIpc) is 3.18. The molecule has 2 unspecified atom stereocenters. The molecule has 1 aliphatic heterocycles. The minimum Gasteiger partial charge on any atom is -0.494 e. The molecule has 5 nitrogen and oxygen atoms in total. The summed E-state index contributed by atoms with van der Waals surface area (Å²) in [6, 6.07) is 8.10. The fourth-order valence-electron chi connectivity index (χ4n) is 5.03. The van der Waals surface area contributed by atoms with Crippen molar-refractivity contribution < 1.29 is 15.0 Å². The number of allylic oxidation sites excluding steroid dienone is 4. The number of nitrogens with zero attached hydrogens (tertiary/aromatic N) is 2. The number of benzene rings is 1. The number of likely N-dealkylation sites (tertiary alicyclic amines) is 1. The maximum atomic E-state index is 12.7. The van der Waals surface area contributed by atoms with Gasteiger partial charge in [0.2, 0.25) is 5.91 Å². The number of carbonyl (C=O) groups excluding carboxylic acids is 1. The van der Waals surface area contributed by atoms with Crippen molar-refractivity contribution in [3.8, 4) is 11.8 Å². The van der Waals surface area contributed by atoms with Crippen LogP contribution in [-0.4, -0.2) is 32.1 Å². The molecule has 150 valence electrons. The molecule has 0 radical (unpaired) electrons. The highest BCUT2D eigenvalue weighted by atomic mass is 16.3. The molecule has 2 atom stereocenters. The summed E-state index contributed by atoms with van der Waals surface area (Å²) >= 11 is 0. The van der Waals surface area contributed by atoms with Crippen molar-refractivity contribution in [1.82, 2.24) is 9.47 Å². The molecule has 0 saturated carbocycles. The zero-order valence-electron chi connectivity index (χ0n) is 16.4. The number of amides is 1. The number of aromatic nitrogens is 1. The fourth-order valence-corrected chi connectivity index (χ4v) is 5.03. The predicted molar refractivity (Wildman–Crippen MR) is 111 cm³/mol. The van der Waals surface area contributed by atoms with Crippen LogP contribution in [0.1, 0.15) is 35.1 Å². The van der Waals surface area contributed by atoms with Crippen LogP contribution in [0, 0.1) is 11.8 Å². The number of hydrogen-bond acceptors (Lipinski definition) is 3. The minimum atomic E-state index is 0.150. The van der Waals surface area contributed by atoms with E-state index in [1.54, 1.807) is 4.57 Å². The van der Waals surface area contributed by atoms with Gasteiger partial charge in [0.1, 0.15) is 0 Å². The summed E-state index contributed by atoms with van der Waals surface area (Å²) in [5, 5.41) is 21.2. The summed E-state index contributed by atoms with van der Waals surface area (Å²) < 4.78 is 1.58. The van der Waals surface area contributed by atoms with Crippen LogP contribution < -0.4 is 0 Å². The molecule has 2 aromatic rings. The second-order valence-electron chi connectivity index (χ2n) is 8.42. The van der Waals surface area contributed by atoms with Crippen molar-refractivity contribution in [1.29, 1.82) is 0 Å². The quantitative estimate of drug-likeness (QED) is 0.785. The third-order valence-corrected chi connectivity index (χ3v) is 6.58. The number of rotatable bonds is 4. The first-order chi connectivity index (χ1) is 14.1. The van der Waals surface area contributed by atoms with Gasteiger partial charge in [-0.05, 0) is 42.7 Å². The molecule has 5 heteroatoms. The topological polar surface area (TPSA) is 65.7 Å².